The monoisotopic (exact) mass is 207 g/mol. The molecular weight excluding hydrogens is 196 g/mol. The lowest BCUT2D eigenvalue weighted by atomic mass is 10.5. The molecule has 2 N–H and O–H groups in total. The van der Waals surface area contributed by atoms with E-state index in [-0.39, 0.29) is 6.54 Å². The van der Waals surface area contributed by atoms with Gasteiger partial charge in [-0.2, -0.15) is 0 Å². The van der Waals surface area contributed by atoms with Gasteiger partial charge in [-0.05, 0) is 0 Å². The van der Waals surface area contributed by atoms with Crippen LogP contribution in [-0.4, -0.2) is 25.0 Å². The Balaban J connectivity index is 2.60. The second-order valence-electron chi connectivity index (χ2n) is 2.60. The molecule has 1 heterocycles. The van der Waals surface area contributed by atoms with Crippen LogP contribution in [0.4, 0.5) is 13.9 Å². The van der Waals surface area contributed by atoms with E-state index in [1.807, 2.05) is 0 Å². The minimum absolute atomic E-state index is 0.294. The van der Waals surface area contributed by atoms with Crippen molar-refractivity contribution in [1.29, 1.82) is 0 Å². The van der Waals surface area contributed by atoms with Crippen LogP contribution in [0.25, 0.3) is 0 Å². The summed E-state index contributed by atoms with van der Waals surface area (Å²) in [5.74, 6) is 0. The summed E-state index contributed by atoms with van der Waals surface area (Å²) in [7, 11) is 1.59. The van der Waals surface area contributed by atoms with Gasteiger partial charge in [0, 0.05) is 19.0 Å². The van der Waals surface area contributed by atoms with Gasteiger partial charge in [-0.1, -0.05) is 0 Å². The second kappa shape index (κ2) is 4.48. The van der Waals surface area contributed by atoms with E-state index in [1.165, 1.54) is 16.2 Å². The van der Waals surface area contributed by atoms with Crippen molar-refractivity contribution in [3.8, 4) is 0 Å². The highest BCUT2D eigenvalue weighted by Gasteiger charge is 2.11. The molecule has 0 aromatic carbocycles. The zero-order chi connectivity index (χ0) is 9.84. The summed E-state index contributed by atoms with van der Waals surface area (Å²) in [6.07, 6.45) is -2.34. The first kappa shape index (κ1) is 10.3. The summed E-state index contributed by atoms with van der Waals surface area (Å²) in [6, 6.07) is 0. The van der Waals surface area contributed by atoms with Crippen LogP contribution in [0.2, 0.25) is 0 Å². The van der Waals surface area contributed by atoms with Crippen molar-refractivity contribution in [2.24, 2.45) is 5.73 Å². The van der Waals surface area contributed by atoms with Crippen LogP contribution >= 0.6 is 11.3 Å². The van der Waals surface area contributed by atoms with Crippen molar-refractivity contribution in [2.45, 2.75) is 13.0 Å². The fourth-order valence-corrected chi connectivity index (χ4v) is 1.67. The molecule has 74 valence electrons. The topological polar surface area (TPSA) is 42.2 Å². The molecule has 0 saturated heterocycles. The maximum absolute atomic E-state index is 12.0. The van der Waals surface area contributed by atoms with Crippen LogP contribution in [-0.2, 0) is 6.54 Å². The largest absolute Gasteiger partial charge is 0.345 e. The molecule has 3 nitrogen and oxygen atoms in total. The molecule has 0 fully saturated rings. The van der Waals surface area contributed by atoms with Crippen LogP contribution in [0.3, 0.4) is 0 Å². The number of nitrogens with two attached hydrogens (primary N) is 1. The van der Waals surface area contributed by atoms with E-state index in [4.69, 9.17) is 5.73 Å². The standard InChI is InChI=1S/C7H11F2N3S/c1-12(3-6(8)9)7-11-5(2-10)4-13-7/h4,6H,2-3,10H2,1H3. The predicted molar refractivity (Wildman–Crippen MR) is 49.3 cm³/mol. The Labute approximate surface area is 79.2 Å². The lowest BCUT2D eigenvalue weighted by Gasteiger charge is -2.14. The third-order valence-corrected chi connectivity index (χ3v) is 2.49. The van der Waals surface area contributed by atoms with Crippen molar-refractivity contribution in [3.63, 3.8) is 0 Å². The Kier molecular flexibility index (Phi) is 3.56. The SMILES string of the molecule is CN(CC(F)F)c1nc(CN)cs1. The third-order valence-electron chi connectivity index (χ3n) is 1.49. The zero-order valence-electron chi connectivity index (χ0n) is 7.20. The van der Waals surface area contributed by atoms with E-state index in [9.17, 15) is 8.78 Å². The van der Waals surface area contributed by atoms with Gasteiger partial charge < -0.3 is 10.6 Å². The first-order valence-electron chi connectivity index (χ1n) is 3.77. The quantitative estimate of drug-likeness (QED) is 0.809. The van der Waals surface area contributed by atoms with Gasteiger partial charge in [-0.3, -0.25) is 0 Å². The number of nitrogens with zero attached hydrogens (tertiary/aromatic N) is 2. The molecule has 0 spiro atoms. The molecule has 0 saturated carbocycles. The zero-order valence-corrected chi connectivity index (χ0v) is 8.02. The smallest absolute Gasteiger partial charge is 0.255 e. The third kappa shape index (κ3) is 2.89. The van der Waals surface area contributed by atoms with E-state index in [1.54, 1.807) is 12.4 Å². The Hall–Kier alpha value is -0.750. The molecule has 0 aliphatic heterocycles. The first-order valence-corrected chi connectivity index (χ1v) is 4.65. The fraction of sp³-hybridized carbons (Fsp3) is 0.571. The van der Waals surface area contributed by atoms with Gasteiger partial charge in [0.05, 0.1) is 12.2 Å². The normalized spacial score (nSPS) is 10.8. The molecule has 0 amide bonds. The maximum atomic E-state index is 12.0. The average Bonchev–Trinajstić information content (AvgIpc) is 2.50. The van der Waals surface area contributed by atoms with E-state index in [2.05, 4.69) is 4.98 Å². The molecule has 1 aromatic heterocycles. The van der Waals surface area contributed by atoms with E-state index < -0.39 is 6.43 Å². The molecule has 1 rings (SSSR count). The summed E-state index contributed by atoms with van der Waals surface area (Å²) in [5, 5.41) is 2.36. The summed E-state index contributed by atoms with van der Waals surface area (Å²) in [5.41, 5.74) is 6.08. The number of rotatable bonds is 4. The van der Waals surface area contributed by atoms with Gasteiger partial charge in [0.2, 0.25) is 0 Å². The summed E-state index contributed by atoms with van der Waals surface area (Å²) in [4.78, 5) is 5.49. The number of hydrogen-bond acceptors (Lipinski definition) is 4. The van der Waals surface area contributed by atoms with Gasteiger partial charge in [0.15, 0.2) is 5.13 Å². The number of aromatic nitrogens is 1. The first-order chi connectivity index (χ1) is 6.13. The number of halogens is 2. The minimum atomic E-state index is -2.34. The highest BCUT2D eigenvalue weighted by Crippen LogP contribution is 2.19. The molecular formula is C7H11F2N3S. The Morgan fingerprint density at radius 3 is 2.85 bits per heavy atom. The fourth-order valence-electron chi connectivity index (χ4n) is 0.850. The molecule has 0 radical (unpaired) electrons. The Morgan fingerprint density at radius 2 is 2.38 bits per heavy atom. The number of alkyl halides is 2. The van der Waals surface area contributed by atoms with Crippen molar-refractivity contribution >= 4 is 16.5 Å². The molecule has 0 unspecified atom stereocenters. The average molecular weight is 207 g/mol. The van der Waals surface area contributed by atoms with Crippen molar-refractivity contribution < 1.29 is 8.78 Å². The summed E-state index contributed by atoms with van der Waals surface area (Å²) < 4.78 is 23.9. The highest BCUT2D eigenvalue weighted by molar-refractivity contribution is 7.13. The van der Waals surface area contributed by atoms with Crippen LogP contribution in [0.15, 0.2) is 5.38 Å². The number of anilines is 1. The van der Waals surface area contributed by atoms with E-state index in [0.717, 1.165) is 5.69 Å². The van der Waals surface area contributed by atoms with Crippen LogP contribution < -0.4 is 10.6 Å². The Bertz CT molecular complexity index is 264. The number of thiazole rings is 1. The van der Waals surface area contributed by atoms with Gasteiger partial charge in [-0.25, -0.2) is 13.8 Å². The molecule has 0 atom stereocenters. The van der Waals surface area contributed by atoms with Gasteiger partial charge in [-0.15, -0.1) is 11.3 Å². The molecule has 1 aromatic rings. The lowest BCUT2D eigenvalue weighted by molar-refractivity contribution is 0.156. The summed E-state index contributed by atoms with van der Waals surface area (Å²) >= 11 is 1.33. The van der Waals surface area contributed by atoms with Gasteiger partial charge >= 0.3 is 0 Å². The van der Waals surface area contributed by atoms with Crippen molar-refractivity contribution in [2.75, 3.05) is 18.5 Å². The van der Waals surface area contributed by atoms with Crippen molar-refractivity contribution in [3.05, 3.63) is 11.1 Å². The molecule has 13 heavy (non-hydrogen) atoms. The maximum Gasteiger partial charge on any atom is 0.255 e. The van der Waals surface area contributed by atoms with Crippen molar-refractivity contribution in [1.82, 2.24) is 4.98 Å². The van der Waals surface area contributed by atoms with Gasteiger partial charge in [0.25, 0.3) is 6.43 Å². The molecule has 6 heteroatoms. The second-order valence-corrected chi connectivity index (χ2v) is 3.43. The molecule has 0 bridgehead atoms. The van der Waals surface area contributed by atoms with Gasteiger partial charge in [0.1, 0.15) is 0 Å². The lowest BCUT2D eigenvalue weighted by Crippen LogP contribution is -2.23. The van der Waals surface area contributed by atoms with Crippen LogP contribution in [0.1, 0.15) is 5.69 Å². The minimum Gasteiger partial charge on any atom is -0.345 e. The predicted octanol–water partition coefficient (Wildman–Crippen LogP) is 1.30. The summed E-state index contributed by atoms with van der Waals surface area (Å²) in [6.45, 7) is 0.0521. The van der Waals surface area contributed by atoms with Crippen LogP contribution in [0.5, 0.6) is 0 Å². The highest BCUT2D eigenvalue weighted by atomic mass is 32.1. The molecule has 0 aliphatic rings. The Morgan fingerprint density at radius 1 is 1.69 bits per heavy atom. The molecule has 0 aliphatic carbocycles. The van der Waals surface area contributed by atoms with E-state index in [0.29, 0.717) is 11.7 Å². The van der Waals surface area contributed by atoms with E-state index >= 15 is 0 Å². The van der Waals surface area contributed by atoms with Crippen LogP contribution in [0, 0.1) is 0 Å². The number of hydrogen-bond donors (Lipinski definition) is 1.